The number of hydrazone groups is 1. The summed E-state index contributed by atoms with van der Waals surface area (Å²) in [6.45, 7) is 4.46. The highest BCUT2D eigenvalue weighted by Crippen LogP contribution is 2.16. The predicted molar refractivity (Wildman–Crippen MR) is 137 cm³/mol. The Morgan fingerprint density at radius 2 is 1.50 bits per heavy atom. The van der Waals surface area contributed by atoms with Gasteiger partial charge in [-0.15, -0.1) is 0 Å². The third-order valence-electron chi connectivity index (χ3n) is 5.07. The molecule has 0 unspecified atom stereocenters. The number of ether oxygens (including phenoxy) is 2. The summed E-state index contributed by atoms with van der Waals surface area (Å²) in [6, 6.07) is 20.5. The largest absolute Gasteiger partial charge is 0.494 e. The molecule has 36 heavy (non-hydrogen) atoms. The Morgan fingerprint density at radius 3 is 2.17 bits per heavy atom. The summed E-state index contributed by atoms with van der Waals surface area (Å²) in [7, 11) is 0. The van der Waals surface area contributed by atoms with E-state index in [0.29, 0.717) is 34.8 Å². The van der Waals surface area contributed by atoms with Gasteiger partial charge in [0, 0.05) is 5.56 Å². The van der Waals surface area contributed by atoms with Crippen LogP contribution in [-0.4, -0.2) is 37.1 Å². The lowest BCUT2D eigenvalue weighted by atomic mass is 10.1. The SMILES string of the molecule is CCCCOc1ccc(C(=O)Oc2ccc(/C=N\NC(=O)CNC(=O)c3ccc(C)cc3)cc2)cc1. The van der Waals surface area contributed by atoms with Gasteiger partial charge in [0.2, 0.25) is 0 Å². The maximum atomic E-state index is 12.4. The van der Waals surface area contributed by atoms with Gasteiger partial charge in [-0.05, 0) is 79.6 Å². The van der Waals surface area contributed by atoms with Crippen molar-refractivity contribution in [2.75, 3.05) is 13.2 Å². The Bertz CT molecular complexity index is 1190. The second-order valence-corrected chi connectivity index (χ2v) is 8.03. The molecule has 0 fully saturated rings. The molecule has 0 aliphatic rings. The number of nitrogens with one attached hydrogen (secondary N) is 2. The second-order valence-electron chi connectivity index (χ2n) is 8.03. The molecule has 3 aromatic carbocycles. The van der Waals surface area contributed by atoms with Crippen molar-refractivity contribution in [1.82, 2.24) is 10.7 Å². The van der Waals surface area contributed by atoms with Crippen molar-refractivity contribution in [1.29, 1.82) is 0 Å². The van der Waals surface area contributed by atoms with Crippen LogP contribution < -0.4 is 20.2 Å². The van der Waals surface area contributed by atoms with Gasteiger partial charge in [0.1, 0.15) is 11.5 Å². The van der Waals surface area contributed by atoms with Crippen molar-refractivity contribution in [3.8, 4) is 11.5 Å². The maximum Gasteiger partial charge on any atom is 0.343 e. The van der Waals surface area contributed by atoms with Crippen molar-refractivity contribution in [3.63, 3.8) is 0 Å². The summed E-state index contributed by atoms with van der Waals surface area (Å²) in [5, 5.41) is 6.42. The summed E-state index contributed by atoms with van der Waals surface area (Å²) in [4.78, 5) is 36.3. The molecule has 0 atom stereocenters. The molecule has 0 saturated heterocycles. The van der Waals surface area contributed by atoms with Gasteiger partial charge in [0.05, 0.1) is 24.9 Å². The minimum absolute atomic E-state index is 0.204. The molecule has 8 nitrogen and oxygen atoms in total. The molecule has 0 bridgehead atoms. The van der Waals surface area contributed by atoms with Crippen molar-refractivity contribution in [2.45, 2.75) is 26.7 Å². The number of carbonyl (C=O) groups is 3. The Balaban J connectivity index is 1.42. The van der Waals surface area contributed by atoms with E-state index in [1.807, 2.05) is 19.1 Å². The van der Waals surface area contributed by atoms with E-state index in [1.165, 1.54) is 6.21 Å². The number of carbonyl (C=O) groups excluding carboxylic acids is 3. The average molecular weight is 488 g/mol. The number of aryl methyl sites for hydroxylation is 1. The number of hydrogen-bond donors (Lipinski definition) is 2. The van der Waals surface area contributed by atoms with Gasteiger partial charge in [-0.2, -0.15) is 5.10 Å². The standard InChI is InChI=1S/C28H29N3O5/c1-3-4-17-35-24-15-11-23(12-16-24)28(34)36-25-13-7-21(8-14-25)18-30-31-26(32)19-29-27(33)22-9-5-20(2)6-10-22/h5-16,18H,3-4,17,19H2,1-2H3,(H,29,33)(H,31,32)/b30-18-. The summed E-state index contributed by atoms with van der Waals surface area (Å²) < 4.78 is 11.0. The van der Waals surface area contributed by atoms with Crippen LogP contribution in [0, 0.1) is 6.92 Å². The first-order valence-corrected chi connectivity index (χ1v) is 11.7. The molecule has 3 rings (SSSR count). The van der Waals surface area contributed by atoms with Crippen molar-refractivity contribution >= 4 is 24.0 Å². The van der Waals surface area contributed by atoms with Gasteiger partial charge in [-0.3, -0.25) is 9.59 Å². The molecule has 0 aliphatic heterocycles. The van der Waals surface area contributed by atoms with Crippen LogP contribution in [0.3, 0.4) is 0 Å². The van der Waals surface area contributed by atoms with E-state index in [2.05, 4.69) is 22.8 Å². The third kappa shape index (κ3) is 8.39. The van der Waals surface area contributed by atoms with Crippen LogP contribution in [0.25, 0.3) is 0 Å². The zero-order chi connectivity index (χ0) is 25.8. The molecule has 3 aromatic rings. The first kappa shape index (κ1) is 26.2. The molecule has 0 saturated carbocycles. The van der Waals surface area contributed by atoms with Gasteiger partial charge in [-0.25, -0.2) is 10.2 Å². The molecule has 186 valence electrons. The van der Waals surface area contributed by atoms with Gasteiger partial charge < -0.3 is 14.8 Å². The number of benzene rings is 3. The lowest BCUT2D eigenvalue weighted by molar-refractivity contribution is -0.120. The van der Waals surface area contributed by atoms with E-state index < -0.39 is 11.9 Å². The van der Waals surface area contributed by atoms with Gasteiger partial charge in [0.25, 0.3) is 11.8 Å². The Hall–Kier alpha value is -4.46. The van der Waals surface area contributed by atoms with Crippen LogP contribution in [0.4, 0.5) is 0 Å². The van der Waals surface area contributed by atoms with Gasteiger partial charge in [0.15, 0.2) is 0 Å². The van der Waals surface area contributed by atoms with Crippen molar-refractivity contribution in [2.24, 2.45) is 5.10 Å². The zero-order valence-electron chi connectivity index (χ0n) is 20.3. The topological polar surface area (TPSA) is 106 Å². The van der Waals surface area contributed by atoms with Crippen molar-refractivity contribution < 1.29 is 23.9 Å². The fourth-order valence-corrected chi connectivity index (χ4v) is 3.00. The second kappa shape index (κ2) is 13.4. The monoisotopic (exact) mass is 487 g/mol. The quantitative estimate of drug-likeness (QED) is 0.138. The summed E-state index contributed by atoms with van der Waals surface area (Å²) in [6.07, 6.45) is 3.48. The first-order chi connectivity index (χ1) is 17.4. The lowest BCUT2D eigenvalue weighted by Crippen LogP contribution is -2.34. The predicted octanol–water partition coefficient (Wildman–Crippen LogP) is 4.27. The van der Waals surface area contributed by atoms with Crippen molar-refractivity contribution in [3.05, 3.63) is 95.1 Å². The Kier molecular flexibility index (Phi) is 9.76. The van der Waals surface area contributed by atoms with E-state index >= 15 is 0 Å². The number of unbranched alkanes of at least 4 members (excludes halogenated alkanes) is 1. The fraction of sp³-hybridized carbons (Fsp3) is 0.214. The summed E-state index contributed by atoms with van der Waals surface area (Å²) in [5.41, 5.74) is 4.98. The third-order valence-corrected chi connectivity index (χ3v) is 5.07. The molecule has 8 heteroatoms. The molecule has 0 heterocycles. The number of hydrogen-bond acceptors (Lipinski definition) is 6. The van der Waals surface area contributed by atoms with E-state index in [4.69, 9.17) is 9.47 Å². The minimum atomic E-state index is -0.475. The van der Waals surface area contributed by atoms with E-state index in [0.717, 1.165) is 18.4 Å². The highest BCUT2D eigenvalue weighted by molar-refractivity contribution is 5.96. The van der Waals surface area contributed by atoms with Crippen LogP contribution >= 0.6 is 0 Å². The molecule has 0 radical (unpaired) electrons. The van der Waals surface area contributed by atoms with Crippen LogP contribution in [0.1, 0.15) is 51.6 Å². The van der Waals surface area contributed by atoms with E-state index in [1.54, 1.807) is 60.7 Å². The molecular formula is C28H29N3O5. The molecule has 0 aromatic heterocycles. The van der Waals surface area contributed by atoms with E-state index in [9.17, 15) is 14.4 Å². The molecule has 0 spiro atoms. The molecule has 2 amide bonds. The van der Waals surface area contributed by atoms with Gasteiger partial charge in [-0.1, -0.05) is 31.0 Å². The maximum absolute atomic E-state index is 12.4. The smallest absolute Gasteiger partial charge is 0.343 e. The van der Waals surface area contributed by atoms with Gasteiger partial charge >= 0.3 is 5.97 Å². The number of nitrogens with zero attached hydrogens (tertiary/aromatic N) is 1. The van der Waals surface area contributed by atoms with Crippen LogP contribution in [0.5, 0.6) is 11.5 Å². The molecular weight excluding hydrogens is 458 g/mol. The number of esters is 1. The lowest BCUT2D eigenvalue weighted by Gasteiger charge is -2.07. The fourth-order valence-electron chi connectivity index (χ4n) is 3.00. The van der Waals surface area contributed by atoms with Crippen LogP contribution in [-0.2, 0) is 4.79 Å². The first-order valence-electron chi connectivity index (χ1n) is 11.7. The normalized spacial score (nSPS) is 10.6. The highest BCUT2D eigenvalue weighted by Gasteiger charge is 2.09. The molecule has 2 N–H and O–H groups in total. The molecule has 0 aliphatic carbocycles. The number of rotatable bonds is 11. The number of amides is 2. The van der Waals surface area contributed by atoms with Crippen LogP contribution in [0.2, 0.25) is 0 Å². The Labute approximate surface area is 210 Å². The minimum Gasteiger partial charge on any atom is -0.494 e. The summed E-state index contributed by atoms with van der Waals surface area (Å²) in [5.74, 6) is -0.182. The Morgan fingerprint density at radius 1 is 0.861 bits per heavy atom. The van der Waals surface area contributed by atoms with Crippen LogP contribution in [0.15, 0.2) is 77.9 Å². The highest BCUT2D eigenvalue weighted by atomic mass is 16.5. The average Bonchev–Trinajstić information content (AvgIpc) is 2.89. The summed E-state index contributed by atoms with van der Waals surface area (Å²) >= 11 is 0. The zero-order valence-corrected chi connectivity index (χ0v) is 20.3. The van der Waals surface area contributed by atoms with E-state index in [-0.39, 0.29) is 12.5 Å².